The van der Waals surface area contributed by atoms with E-state index >= 15 is 0 Å². The van der Waals surface area contributed by atoms with E-state index in [0.717, 1.165) is 11.1 Å². The van der Waals surface area contributed by atoms with Crippen LogP contribution in [-0.2, 0) is 0 Å². The number of aliphatic hydroxyl groups excluding tert-OH is 2. The maximum Gasteiger partial charge on any atom is 0.170 e. The fraction of sp³-hybridized carbons (Fsp3) is 0.133. The first-order valence-corrected chi connectivity index (χ1v) is 5.63. The summed E-state index contributed by atoms with van der Waals surface area (Å²) >= 11 is 0. The van der Waals surface area contributed by atoms with Crippen LogP contribution in [0.4, 0.5) is 0 Å². The zero-order chi connectivity index (χ0) is 13.0. The molecule has 0 aromatic heterocycles. The number of benzene rings is 2. The molecule has 0 saturated heterocycles. The monoisotopic (exact) mass is 239 g/mol. The zero-order valence-electron chi connectivity index (χ0n) is 9.69. The van der Waals surface area contributed by atoms with Crippen molar-refractivity contribution in [2.24, 2.45) is 0 Å². The van der Waals surface area contributed by atoms with Crippen molar-refractivity contribution in [2.75, 3.05) is 0 Å². The fourth-order valence-electron chi connectivity index (χ4n) is 1.79. The predicted octanol–water partition coefficient (Wildman–Crippen LogP) is 2.27. The molecule has 0 aliphatic carbocycles. The smallest absolute Gasteiger partial charge is 0.170 e. The van der Waals surface area contributed by atoms with Gasteiger partial charge in [0.2, 0.25) is 0 Å². The molecule has 0 saturated carbocycles. The average Bonchev–Trinajstić information content (AvgIpc) is 2.46. The van der Waals surface area contributed by atoms with Gasteiger partial charge >= 0.3 is 0 Å². The summed E-state index contributed by atoms with van der Waals surface area (Å²) in [5.74, 6) is 0. The fourth-order valence-corrected chi connectivity index (χ4v) is 1.79. The molecule has 2 N–H and O–H groups in total. The van der Waals surface area contributed by atoms with Crippen molar-refractivity contribution in [2.45, 2.75) is 12.2 Å². The Morgan fingerprint density at radius 2 is 1.56 bits per heavy atom. The maximum absolute atomic E-state index is 9.79. The van der Waals surface area contributed by atoms with Crippen LogP contribution >= 0.6 is 0 Å². The minimum Gasteiger partial charge on any atom is -0.385 e. The van der Waals surface area contributed by atoms with Crippen LogP contribution in [0.3, 0.4) is 0 Å². The molecule has 90 valence electrons. The molecule has 0 spiro atoms. The van der Waals surface area contributed by atoms with Gasteiger partial charge in [0.05, 0.1) is 6.07 Å². The molecule has 2 rings (SSSR count). The van der Waals surface area contributed by atoms with Crippen LogP contribution < -0.4 is 0 Å². The van der Waals surface area contributed by atoms with Gasteiger partial charge in [0.25, 0.3) is 0 Å². The van der Waals surface area contributed by atoms with E-state index in [4.69, 9.17) is 5.26 Å². The van der Waals surface area contributed by atoms with Gasteiger partial charge in [0.15, 0.2) is 6.10 Å². The maximum atomic E-state index is 9.79. The second kappa shape index (κ2) is 5.46. The van der Waals surface area contributed by atoms with Crippen LogP contribution in [0.5, 0.6) is 0 Å². The summed E-state index contributed by atoms with van der Waals surface area (Å²) in [6.45, 7) is 0. The highest BCUT2D eigenvalue weighted by atomic mass is 16.3. The summed E-state index contributed by atoms with van der Waals surface area (Å²) in [6.07, 6.45) is -2.59. The Kier molecular flexibility index (Phi) is 3.73. The Hall–Kier alpha value is -2.15. The van der Waals surface area contributed by atoms with Gasteiger partial charge in [-0.3, -0.25) is 0 Å². The van der Waals surface area contributed by atoms with Crippen molar-refractivity contribution >= 4 is 0 Å². The highest BCUT2D eigenvalue weighted by Gasteiger charge is 2.17. The molecule has 18 heavy (non-hydrogen) atoms. The van der Waals surface area contributed by atoms with E-state index in [9.17, 15) is 10.2 Å². The van der Waals surface area contributed by atoms with Crippen molar-refractivity contribution in [1.82, 2.24) is 0 Å². The minimum absolute atomic E-state index is 0.533. The third kappa shape index (κ3) is 2.57. The molecule has 0 heterocycles. The molecule has 3 heteroatoms. The molecule has 0 amide bonds. The first-order valence-electron chi connectivity index (χ1n) is 5.63. The topological polar surface area (TPSA) is 64.2 Å². The summed E-state index contributed by atoms with van der Waals surface area (Å²) in [7, 11) is 0. The molecular formula is C15H13NO2. The van der Waals surface area contributed by atoms with E-state index in [2.05, 4.69) is 0 Å². The Labute approximate surface area is 106 Å². The molecular weight excluding hydrogens is 226 g/mol. The molecule has 0 bridgehead atoms. The van der Waals surface area contributed by atoms with Crippen molar-refractivity contribution < 1.29 is 10.2 Å². The lowest BCUT2D eigenvalue weighted by atomic mass is 9.99. The highest BCUT2D eigenvalue weighted by molar-refractivity contribution is 5.64. The third-order valence-electron chi connectivity index (χ3n) is 2.77. The van der Waals surface area contributed by atoms with Crippen LogP contribution in [0.25, 0.3) is 11.1 Å². The molecule has 3 nitrogen and oxygen atoms in total. The highest BCUT2D eigenvalue weighted by Crippen LogP contribution is 2.24. The standard InChI is InChI=1S/C15H13NO2/c16-10-14(17)15(18)13-8-4-7-12(9-13)11-5-2-1-3-6-11/h1-9,14-15,17-18H. The quantitative estimate of drug-likeness (QED) is 0.807. The Morgan fingerprint density at radius 1 is 0.889 bits per heavy atom. The van der Waals surface area contributed by atoms with E-state index in [-0.39, 0.29) is 0 Å². The van der Waals surface area contributed by atoms with Crippen LogP contribution in [0.1, 0.15) is 11.7 Å². The van der Waals surface area contributed by atoms with Crippen molar-refractivity contribution in [3.63, 3.8) is 0 Å². The SMILES string of the molecule is N#CC(O)C(O)c1cccc(-c2ccccc2)c1. The summed E-state index contributed by atoms with van der Waals surface area (Å²) in [5.41, 5.74) is 2.50. The molecule has 2 unspecified atom stereocenters. The van der Waals surface area contributed by atoms with E-state index < -0.39 is 12.2 Å². The average molecular weight is 239 g/mol. The van der Waals surface area contributed by atoms with Gasteiger partial charge in [-0.05, 0) is 22.8 Å². The van der Waals surface area contributed by atoms with Gasteiger partial charge in [-0.1, -0.05) is 48.5 Å². The number of hydrogen-bond acceptors (Lipinski definition) is 3. The van der Waals surface area contributed by atoms with Crippen LogP contribution in [0, 0.1) is 11.3 Å². The number of rotatable bonds is 3. The lowest BCUT2D eigenvalue weighted by Crippen LogP contribution is -2.15. The number of nitriles is 1. The summed E-state index contributed by atoms with van der Waals surface area (Å²) in [4.78, 5) is 0. The third-order valence-corrected chi connectivity index (χ3v) is 2.77. The number of hydrogen-bond donors (Lipinski definition) is 2. The first-order chi connectivity index (χ1) is 8.72. The number of aliphatic hydroxyl groups is 2. The lowest BCUT2D eigenvalue weighted by molar-refractivity contribution is 0.0528. The largest absolute Gasteiger partial charge is 0.385 e. The van der Waals surface area contributed by atoms with Gasteiger partial charge < -0.3 is 10.2 Å². The van der Waals surface area contributed by atoms with Crippen molar-refractivity contribution in [3.05, 3.63) is 60.2 Å². The van der Waals surface area contributed by atoms with Crippen molar-refractivity contribution in [1.29, 1.82) is 5.26 Å². The van der Waals surface area contributed by atoms with E-state index in [1.807, 2.05) is 36.4 Å². The molecule has 0 radical (unpaired) electrons. The summed E-state index contributed by atoms with van der Waals surface area (Å²) in [6, 6.07) is 18.5. The Bertz CT molecular complexity index is 560. The van der Waals surface area contributed by atoms with Gasteiger partial charge in [0, 0.05) is 0 Å². The van der Waals surface area contributed by atoms with Gasteiger partial charge in [-0.25, -0.2) is 0 Å². The summed E-state index contributed by atoms with van der Waals surface area (Å²) < 4.78 is 0. The van der Waals surface area contributed by atoms with E-state index in [1.165, 1.54) is 0 Å². The Balaban J connectivity index is 2.35. The minimum atomic E-state index is -1.41. The molecule has 0 fully saturated rings. The van der Waals surface area contributed by atoms with E-state index in [0.29, 0.717) is 5.56 Å². The Morgan fingerprint density at radius 3 is 2.22 bits per heavy atom. The van der Waals surface area contributed by atoms with Crippen molar-refractivity contribution in [3.8, 4) is 17.2 Å². The lowest BCUT2D eigenvalue weighted by Gasteiger charge is -2.13. The van der Waals surface area contributed by atoms with Gasteiger partial charge in [-0.15, -0.1) is 0 Å². The normalized spacial score (nSPS) is 13.6. The van der Waals surface area contributed by atoms with Crippen LogP contribution in [0.15, 0.2) is 54.6 Å². The molecule has 0 aliphatic rings. The van der Waals surface area contributed by atoms with Gasteiger partial charge in [0.1, 0.15) is 6.10 Å². The van der Waals surface area contributed by atoms with Crippen LogP contribution in [-0.4, -0.2) is 16.3 Å². The van der Waals surface area contributed by atoms with Gasteiger partial charge in [-0.2, -0.15) is 5.26 Å². The second-order valence-electron chi connectivity index (χ2n) is 4.01. The van der Waals surface area contributed by atoms with Crippen LogP contribution in [0.2, 0.25) is 0 Å². The van der Waals surface area contributed by atoms with E-state index in [1.54, 1.807) is 24.3 Å². The molecule has 2 aromatic carbocycles. The number of nitrogens with zero attached hydrogens (tertiary/aromatic N) is 1. The summed E-state index contributed by atoms with van der Waals surface area (Å²) in [5, 5.41) is 27.7. The predicted molar refractivity (Wildman–Crippen MR) is 68.5 cm³/mol. The molecule has 2 atom stereocenters. The second-order valence-corrected chi connectivity index (χ2v) is 4.01. The first kappa shape index (κ1) is 12.3. The molecule has 2 aromatic rings. The zero-order valence-corrected chi connectivity index (χ0v) is 9.69. The molecule has 0 aliphatic heterocycles.